The molecule has 2 aromatic rings. The van der Waals surface area contributed by atoms with Gasteiger partial charge in [-0.1, -0.05) is 31.2 Å². The van der Waals surface area contributed by atoms with E-state index in [0.29, 0.717) is 24.2 Å². The molecule has 0 bridgehead atoms. The van der Waals surface area contributed by atoms with Crippen molar-refractivity contribution in [2.24, 2.45) is 0 Å². The highest BCUT2D eigenvalue weighted by Crippen LogP contribution is 2.11. The summed E-state index contributed by atoms with van der Waals surface area (Å²) in [5.74, 6) is -0.403. The minimum absolute atomic E-state index is 0.108. The van der Waals surface area contributed by atoms with Crippen LogP contribution in [0.5, 0.6) is 0 Å². The Morgan fingerprint density at radius 2 is 1.89 bits per heavy atom. The van der Waals surface area contributed by atoms with Crippen LogP contribution in [-0.4, -0.2) is 29.9 Å². The number of halogens is 1. The van der Waals surface area contributed by atoms with E-state index in [-0.39, 0.29) is 23.8 Å². The number of hydrogen-bond acceptors (Lipinski definition) is 2. The molecule has 0 fully saturated rings. The topological polar surface area (TPSA) is 61.4 Å². The zero-order chi connectivity index (χ0) is 20.7. The predicted molar refractivity (Wildman–Crippen MR) is 109 cm³/mol. The average Bonchev–Trinajstić information content (AvgIpc) is 2.68. The molecule has 28 heavy (non-hydrogen) atoms. The number of benzene rings is 2. The van der Waals surface area contributed by atoms with Gasteiger partial charge in [-0.15, -0.1) is 0 Å². The molecular weight excluding hydrogens is 357 g/mol. The smallest absolute Gasteiger partial charge is 0.317 e. The van der Waals surface area contributed by atoms with Gasteiger partial charge < -0.3 is 15.5 Å². The molecule has 5 nitrogen and oxygen atoms in total. The number of nitrogens with one attached hydrogen (secondary N) is 2. The molecule has 0 radical (unpaired) electrons. The van der Waals surface area contributed by atoms with Gasteiger partial charge in [-0.3, -0.25) is 4.79 Å². The van der Waals surface area contributed by atoms with Gasteiger partial charge in [-0.25, -0.2) is 9.18 Å². The monoisotopic (exact) mass is 385 g/mol. The third-order valence-corrected chi connectivity index (χ3v) is 4.63. The fourth-order valence-electron chi connectivity index (χ4n) is 2.62. The van der Waals surface area contributed by atoms with Crippen LogP contribution in [0.2, 0.25) is 0 Å². The van der Waals surface area contributed by atoms with Crippen LogP contribution < -0.4 is 10.6 Å². The van der Waals surface area contributed by atoms with Crippen molar-refractivity contribution < 1.29 is 14.0 Å². The zero-order valence-corrected chi connectivity index (χ0v) is 16.9. The molecule has 0 aliphatic rings. The molecule has 2 aromatic carbocycles. The van der Waals surface area contributed by atoms with Crippen LogP contribution >= 0.6 is 0 Å². The molecule has 2 rings (SSSR count). The van der Waals surface area contributed by atoms with Gasteiger partial charge in [0.1, 0.15) is 5.82 Å². The van der Waals surface area contributed by atoms with Crippen molar-refractivity contribution in [3.8, 4) is 0 Å². The van der Waals surface area contributed by atoms with Gasteiger partial charge in [0.15, 0.2) is 0 Å². The van der Waals surface area contributed by atoms with Gasteiger partial charge >= 0.3 is 6.03 Å². The number of rotatable bonds is 7. The van der Waals surface area contributed by atoms with E-state index in [4.69, 9.17) is 0 Å². The van der Waals surface area contributed by atoms with E-state index in [1.54, 1.807) is 38.2 Å². The summed E-state index contributed by atoms with van der Waals surface area (Å²) >= 11 is 0. The average molecular weight is 385 g/mol. The molecule has 0 spiro atoms. The van der Waals surface area contributed by atoms with Gasteiger partial charge in [0.2, 0.25) is 0 Å². The van der Waals surface area contributed by atoms with Crippen molar-refractivity contribution >= 4 is 11.9 Å². The lowest BCUT2D eigenvalue weighted by atomic mass is 10.1. The second kappa shape index (κ2) is 9.88. The molecule has 0 saturated carbocycles. The lowest BCUT2D eigenvalue weighted by molar-refractivity contribution is 0.0939. The summed E-state index contributed by atoms with van der Waals surface area (Å²) in [5, 5.41) is 5.75. The molecule has 1 atom stereocenters. The van der Waals surface area contributed by atoms with Crippen molar-refractivity contribution in [3.63, 3.8) is 0 Å². The molecule has 3 amide bonds. The first-order valence-corrected chi connectivity index (χ1v) is 9.44. The van der Waals surface area contributed by atoms with Gasteiger partial charge in [0.05, 0.1) is 0 Å². The summed E-state index contributed by atoms with van der Waals surface area (Å²) in [4.78, 5) is 26.0. The largest absolute Gasteiger partial charge is 0.350 e. The molecule has 150 valence electrons. The third kappa shape index (κ3) is 6.08. The number of nitrogens with zero attached hydrogens (tertiary/aromatic N) is 1. The maximum atomic E-state index is 13.7. The van der Waals surface area contributed by atoms with Crippen molar-refractivity contribution in [1.82, 2.24) is 15.5 Å². The predicted octanol–water partition coefficient (Wildman–Crippen LogP) is 4.00. The normalized spacial score (nSPS) is 11.6. The lowest BCUT2D eigenvalue weighted by Crippen LogP contribution is -2.36. The maximum Gasteiger partial charge on any atom is 0.317 e. The Kier molecular flexibility index (Phi) is 7.55. The maximum absolute atomic E-state index is 13.7. The lowest BCUT2D eigenvalue weighted by Gasteiger charge is -2.18. The minimum atomic E-state index is -0.279. The van der Waals surface area contributed by atoms with Gasteiger partial charge in [-0.2, -0.15) is 0 Å². The fourth-order valence-corrected chi connectivity index (χ4v) is 2.62. The van der Waals surface area contributed by atoms with E-state index in [9.17, 15) is 14.0 Å². The van der Waals surface area contributed by atoms with E-state index in [1.165, 1.54) is 11.0 Å². The Labute approximate surface area is 165 Å². The summed E-state index contributed by atoms with van der Waals surface area (Å²) in [5.41, 5.74) is 2.70. The second-order valence-corrected chi connectivity index (χ2v) is 7.08. The highest BCUT2D eigenvalue weighted by molar-refractivity contribution is 5.94. The number of urea groups is 1. The molecule has 0 saturated heterocycles. The molecular formula is C22H28FN3O2. The zero-order valence-electron chi connectivity index (χ0n) is 16.9. The van der Waals surface area contributed by atoms with Crippen LogP contribution in [0.1, 0.15) is 47.3 Å². The highest BCUT2D eigenvalue weighted by Gasteiger charge is 2.12. The molecule has 2 N–H and O–H groups in total. The first-order valence-electron chi connectivity index (χ1n) is 9.44. The van der Waals surface area contributed by atoms with Crippen LogP contribution in [0.15, 0.2) is 42.5 Å². The fraction of sp³-hybridized carbons (Fsp3) is 0.364. The Bertz CT molecular complexity index is 838. The van der Waals surface area contributed by atoms with Crippen LogP contribution in [0.4, 0.5) is 9.18 Å². The molecule has 0 aliphatic carbocycles. The number of carbonyl (C=O) groups excluding carboxylic acids is 2. The summed E-state index contributed by atoms with van der Waals surface area (Å²) in [6.07, 6.45) is 0.860. The highest BCUT2D eigenvalue weighted by atomic mass is 19.1. The van der Waals surface area contributed by atoms with Crippen molar-refractivity contribution in [2.45, 2.75) is 46.3 Å². The standard InChI is InChI=1S/C22H28FN3O2/c1-5-16(3)25-21(27)19-8-6-7-17(11-19)13-24-22(28)26(4)14-18-10-9-15(2)20(23)12-18/h6-12,16H,5,13-14H2,1-4H3,(H,24,28)(H,25,27)/t16-/m1/s1. The summed E-state index contributed by atoms with van der Waals surface area (Å²) in [6.45, 7) is 6.28. The van der Waals surface area contributed by atoms with Crippen molar-refractivity contribution in [1.29, 1.82) is 0 Å². The summed E-state index contributed by atoms with van der Waals surface area (Å²) in [7, 11) is 1.66. The number of hydrogen-bond donors (Lipinski definition) is 2. The number of aryl methyl sites for hydroxylation is 1. The number of carbonyl (C=O) groups is 2. The van der Waals surface area contributed by atoms with Gasteiger partial charge in [-0.05, 0) is 55.2 Å². The first kappa shape index (κ1) is 21.4. The number of amides is 3. The minimum Gasteiger partial charge on any atom is -0.350 e. The second-order valence-electron chi connectivity index (χ2n) is 7.08. The van der Waals surface area contributed by atoms with Crippen molar-refractivity contribution in [2.75, 3.05) is 7.05 Å². The van der Waals surface area contributed by atoms with Crippen LogP contribution in [0.3, 0.4) is 0 Å². The Hall–Kier alpha value is -2.89. The summed E-state index contributed by atoms with van der Waals surface area (Å²) in [6, 6.07) is 12.0. The Balaban J connectivity index is 1.92. The van der Waals surface area contributed by atoms with E-state index >= 15 is 0 Å². The molecule has 0 heterocycles. The van der Waals surface area contributed by atoms with E-state index in [2.05, 4.69) is 10.6 Å². The van der Waals surface area contributed by atoms with Crippen LogP contribution in [0.25, 0.3) is 0 Å². The van der Waals surface area contributed by atoms with E-state index in [1.807, 2.05) is 26.0 Å². The molecule has 0 aromatic heterocycles. The van der Waals surface area contributed by atoms with Gasteiger partial charge in [0, 0.05) is 31.7 Å². The van der Waals surface area contributed by atoms with Crippen molar-refractivity contribution in [3.05, 3.63) is 70.5 Å². The Morgan fingerprint density at radius 1 is 1.14 bits per heavy atom. The SMILES string of the molecule is CC[C@@H](C)NC(=O)c1cccc(CNC(=O)N(C)Cc2ccc(C)c(F)c2)c1. The summed E-state index contributed by atoms with van der Waals surface area (Å²) < 4.78 is 13.7. The first-order chi connectivity index (χ1) is 13.3. The van der Waals surface area contributed by atoms with Gasteiger partial charge in [0.25, 0.3) is 5.91 Å². The third-order valence-electron chi connectivity index (χ3n) is 4.63. The van der Waals surface area contributed by atoms with E-state index in [0.717, 1.165) is 17.5 Å². The van der Waals surface area contributed by atoms with Crippen LogP contribution in [-0.2, 0) is 13.1 Å². The molecule has 6 heteroatoms. The van der Waals surface area contributed by atoms with Crippen LogP contribution in [0, 0.1) is 12.7 Å². The quantitative estimate of drug-likeness (QED) is 0.757. The van der Waals surface area contributed by atoms with E-state index < -0.39 is 0 Å². The molecule has 0 unspecified atom stereocenters. The Morgan fingerprint density at radius 3 is 2.57 bits per heavy atom. The molecule has 0 aliphatic heterocycles.